The van der Waals surface area contributed by atoms with Crippen LogP contribution in [0.1, 0.15) is 36.8 Å². The minimum atomic E-state index is -0.558. The molecule has 0 aliphatic carbocycles. The largest absolute Gasteiger partial charge is 0.312 e. The fourth-order valence-electron chi connectivity index (χ4n) is 3.53. The Morgan fingerprint density at radius 3 is 2.35 bits per heavy atom. The Kier molecular flexibility index (Phi) is 4.66. The van der Waals surface area contributed by atoms with Crippen LogP contribution in [-0.4, -0.2) is 36.5 Å². The average molecular weight is 315 g/mol. The lowest BCUT2D eigenvalue weighted by atomic mass is 10.1. The second kappa shape index (κ2) is 6.71. The van der Waals surface area contributed by atoms with Gasteiger partial charge in [0.1, 0.15) is 5.92 Å². The second-order valence-corrected chi connectivity index (χ2v) is 6.70. The molecule has 0 saturated carbocycles. The number of nitrogens with one attached hydrogen (secondary N) is 1. The molecular weight excluding hydrogens is 290 g/mol. The number of carbonyl (C=O) groups excluding carboxylic acids is 2. The molecule has 2 amide bonds. The number of piperidine rings is 1. The van der Waals surface area contributed by atoms with E-state index in [1.54, 1.807) is 4.90 Å². The average Bonchev–Trinajstić information content (AvgIpc) is 2.89. The number of hydrazine groups is 1. The normalized spacial score (nSPS) is 22.4. The lowest BCUT2D eigenvalue weighted by Crippen LogP contribution is -2.48. The predicted octanol–water partition coefficient (Wildman–Crippen LogP) is 2.17. The molecule has 1 aromatic carbocycles. The number of aryl methyl sites for hydroxylation is 2. The van der Waals surface area contributed by atoms with Crippen LogP contribution in [0.5, 0.6) is 0 Å². The molecule has 0 aromatic heterocycles. The van der Waals surface area contributed by atoms with Gasteiger partial charge in [-0.2, -0.15) is 0 Å². The molecule has 23 heavy (non-hydrogen) atoms. The van der Waals surface area contributed by atoms with Gasteiger partial charge in [0, 0.05) is 25.3 Å². The quantitative estimate of drug-likeness (QED) is 0.870. The van der Waals surface area contributed by atoms with Crippen molar-refractivity contribution in [3.63, 3.8) is 0 Å². The Morgan fingerprint density at radius 1 is 1.04 bits per heavy atom. The Balaban J connectivity index is 1.67. The number of carbonyl (C=O) groups is 2. The first kappa shape index (κ1) is 16.0. The van der Waals surface area contributed by atoms with Crippen LogP contribution in [0.2, 0.25) is 0 Å². The zero-order valence-electron chi connectivity index (χ0n) is 14.0. The van der Waals surface area contributed by atoms with E-state index in [1.165, 1.54) is 6.42 Å². The van der Waals surface area contributed by atoms with E-state index in [1.807, 2.05) is 31.0 Å². The number of benzene rings is 1. The first-order valence-corrected chi connectivity index (χ1v) is 8.50. The van der Waals surface area contributed by atoms with Crippen molar-refractivity contribution in [3.8, 4) is 0 Å². The molecule has 5 heteroatoms. The highest BCUT2D eigenvalue weighted by Crippen LogP contribution is 2.27. The Morgan fingerprint density at radius 2 is 1.70 bits per heavy atom. The minimum absolute atomic E-state index is 0.0792. The summed E-state index contributed by atoms with van der Waals surface area (Å²) in [6, 6.07) is 6.11. The topological polar surface area (TPSA) is 52.7 Å². The zero-order chi connectivity index (χ0) is 16.4. The molecule has 5 nitrogen and oxygen atoms in total. The van der Waals surface area contributed by atoms with E-state index in [-0.39, 0.29) is 11.8 Å². The molecule has 0 radical (unpaired) electrons. The fourth-order valence-corrected chi connectivity index (χ4v) is 3.53. The number of hydrogen-bond acceptors (Lipinski definition) is 3. The van der Waals surface area contributed by atoms with Crippen molar-refractivity contribution in [2.45, 2.75) is 39.5 Å². The smallest absolute Gasteiger partial charge is 0.246 e. The van der Waals surface area contributed by atoms with Crippen molar-refractivity contribution < 1.29 is 9.59 Å². The summed E-state index contributed by atoms with van der Waals surface area (Å²) in [6.07, 6.45) is 4.02. The van der Waals surface area contributed by atoms with E-state index >= 15 is 0 Å². The second-order valence-electron chi connectivity index (χ2n) is 6.70. The van der Waals surface area contributed by atoms with E-state index in [0.717, 1.165) is 42.7 Å². The number of anilines is 1. The molecule has 1 aromatic rings. The Hall–Kier alpha value is -1.88. The highest BCUT2D eigenvalue weighted by Gasteiger charge is 2.38. The van der Waals surface area contributed by atoms with Gasteiger partial charge in [-0.25, -0.2) is 5.01 Å². The summed E-state index contributed by atoms with van der Waals surface area (Å²) in [4.78, 5) is 26.8. The summed E-state index contributed by atoms with van der Waals surface area (Å²) in [6.45, 7) is 6.43. The lowest BCUT2D eigenvalue weighted by Gasteiger charge is -2.27. The van der Waals surface area contributed by atoms with Gasteiger partial charge in [-0.15, -0.1) is 0 Å². The molecule has 2 fully saturated rings. The molecule has 2 aliphatic rings. The van der Waals surface area contributed by atoms with Crippen molar-refractivity contribution in [1.82, 2.24) is 10.4 Å². The van der Waals surface area contributed by atoms with Crippen LogP contribution < -0.4 is 10.3 Å². The van der Waals surface area contributed by atoms with Crippen LogP contribution in [0.4, 0.5) is 5.69 Å². The molecule has 1 atom stereocenters. The van der Waals surface area contributed by atoms with E-state index in [2.05, 4.69) is 11.5 Å². The van der Waals surface area contributed by atoms with Crippen LogP contribution in [0, 0.1) is 19.8 Å². The van der Waals surface area contributed by atoms with Gasteiger partial charge < -0.3 is 4.90 Å². The third-order valence-corrected chi connectivity index (χ3v) is 4.66. The van der Waals surface area contributed by atoms with Crippen LogP contribution >= 0.6 is 0 Å². The van der Waals surface area contributed by atoms with Crippen molar-refractivity contribution in [3.05, 3.63) is 29.3 Å². The molecule has 0 unspecified atom stereocenters. The highest BCUT2D eigenvalue weighted by atomic mass is 16.2. The monoisotopic (exact) mass is 315 g/mol. The molecule has 2 heterocycles. The molecule has 0 bridgehead atoms. The molecule has 1 N–H and O–H groups in total. The van der Waals surface area contributed by atoms with Gasteiger partial charge in [0.2, 0.25) is 11.8 Å². The highest BCUT2D eigenvalue weighted by molar-refractivity contribution is 6.09. The third kappa shape index (κ3) is 3.55. The standard InChI is InChI=1S/C18H25N3O2/c1-13-10-14(2)12-15(11-13)21-9-6-16(18(21)23)17(22)19-20-7-4-3-5-8-20/h10-12,16H,3-9H2,1-2H3,(H,19,22)/t16-/m1/s1. The van der Waals surface area contributed by atoms with E-state index in [4.69, 9.17) is 0 Å². The van der Waals surface area contributed by atoms with Gasteiger partial charge in [-0.1, -0.05) is 12.5 Å². The van der Waals surface area contributed by atoms with E-state index in [9.17, 15) is 9.59 Å². The van der Waals surface area contributed by atoms with Gasteiger partial charge >= 0.3 is 0 Å². The van der Waals surface area contributed by atoms with Gasteiger partial charge in [0.25, 0.3) is 0 Å². The van der Waals surface area contributed by atoms with Crippen molar-refractivity contribution in [1.29, 1.82) is 0 Å². The van der Waals surface area contributed by atoms with Crippen molar-refractivity contribution in [2.24, 2.45) is 5.92 Å². The molecule has 3 rings (SSSR count). The number of amides is 2. The van der Waals surface area contributed by atoms with E-state index in [0.29, 0.717) is 13.0 Å². The summed E-state index contributed by atoms with van der Waals surface area (Å²) >= 11 is 0. The zero-order valence-corrected chi connectivity index (χ0v) is 14.0. The molecular formula is C18H25N3O2. The molecule has 0 spiro atoms. The van der Waals surface area contributed by atoms with Gasteiger partial charge in [0.15, 0.2) is 0 Å². The van der Waals surface area contributed by atoms with Gasteiger partial charge in [-0.05, 0) is 56.4 Å². The minimum Gasteiger partial charge on any atom is -0.312 e. The Bertz CT molecular complexity index is 588. The molecule has 124 valence electrons. The van der Waals surface area contributed by atoms with E-state index < -0.39 is 5.92 Å². The van der Waals surface area contributed by atoms with Crippen LogP contribution in [-0.2, 0) is 9.59 Å². The summed E-state index contributed by atoms with van der Waals surface area (Å²) < 4.78 is 0. The first-order valence-electron chi connectivity index (χ1n) is 8.50. The van der Waals surface area contributed by atoms with Gasteiger partial charge in [0.05, 0.1) is 0 Å². The maximum atomic E-state index is 12.7. The van der Waals surface area contributed by atoms with Crippen molar-refractivity contribution in [2.75, 3.05) is 24.5 Å². The van der Waals surface area contributed by atoms with Gasteiger partial charge in [-0.3, -0.25) is 15.0 Å². The third-order valence-electron chi connectivity index (χ3n) is 4.66. The van der Waals surface area contributed by atoms with Crippen LogP contribution in [0.15, 0.2) is 18.2 Å². The number of hydrogen-bond donors (Lipinski definition) is 1. The van der Waals surface area contributed by atoms with Crippen LogP contribution in [0.25, 0.3) is 0 Å². The first-order chi connectivity index (χ1) is 11.0. The number of nitrogens with zero attached hydrogens (tertiary/aromatic N) is 2. The number of rotatable bonds is 3. The fraction of sp³-hybridized carbons (Fsp3) is 0.556. The maximum absolute atomic E-state index is 12.7. The SMILES string of the molecule is Cc1cc(C)cc(N2CC[C@H](C(=O)NN3CCCCC3)C2=O)c1. The summed E-state index contributed by atoms with van der Waals surface area (Å²) in [5.74, 6) is -0.786. The summed E-state index contributed by atoms with van der Waals surface area (Å²) in [5.41, 5.74) is 6.10. The predicted molar refractivity (Wildman–Crippen MR) is 89.9 cm³/mol. The summed E-state index contributed by atoms with van der Waals surface area (Å²) in [7, 11) is 0. The summed E-state index contributed by atoms with van der Waals surface area (Å²) in [5, 5.41) is 1.96. The molecule has 2 saturated heterocycles. The maximum Gasteiger partial charge on any atom is 0.246 e. The Labute approximate surface area is 137 Å². The van der Waals surface area contributed by atoms with Crippen molar-refractivity contribution >= 4 is 17.5 Å². The lowest BCUT2D eigenvalue weighted by molar-refractivity contribution is -0.135. The molecule has 2 aliphatic heterocycles. The van der Waals surface area contributed by atoms with Crippen LogP contribution in [0.3, 0.4) is 0 Å².